The fraction of sp³-hybridized carbons (Fsp3) is 0.500. The molecule has 0 aliphatic rings. The van der Waals surface area contributed by atoms with Gasteiger partial charge in [0.05, 0.1) is 24.0 Å². The molecule has 2 aromatic rings. The van der Waals surface area contributed by atoms with Gasteiger partial charge in [0.25, 0.3) is 10.2 Å². The normalized spacial score (nSPS) is 10.4. The van der Waals surface area contributed by atoms with Crippen LogP contribution < -0.4 is 22.1 Å². The number of thiocarbonyl (C=S) groups is 2. The van der Waals surface area contributed by atoms with Gasteiger partial charge in [0.1, 0.15) is 0 Å². The molecule has 0 aromatic carbocycles. The summed E-state index contributed by atoms with van der Waals surface area (Å²) in [5.41, 5.74) is 11.8. The van der Waals surface area contributed by atoms with Crippen LogP contribution in [0.15, 0.2) is 12.7 Å². The molecule has 2 rings (SSSR count). The number of H-pyrrole nitrogens is 2. The summed E-state index contributed by atoms with van der Waals surface area (Å²) in [5, 5.41) is 7.25. The van der Waals surface area contributed by atoms with E-state index in [2.05, 4.69) is 42.0 Å². The second-order valence-corrected chi connectivity index (χ2v) is 10.2. The molecule has 0 radical (unpaired) electrons. The Kier molecular flexibility index (Phi) is 17.4. The van der Waals surface area contributed by atoms with Crippen molar-refractivity contribution < 1.29 is 29.0 Å². The van der Waals surface area contributed by atoms with Crippen LogP contribution in [0.4, 0.5) is 0 Å². The number of aromatic amines is 2. The standard InChI is InChI=1S/2C8H14N4S2.H2O4S/c2*1-6-7(12-5-11-6)4-14-3-2-10-8(9)13;1-5(2,3)4/h2*5H,2-4H2,1H3,(H,11,12)(H3,9,10,13);(H2,1,2,3,4). The smallest absolute Gasteiger partial charge is 0.264 e. The molecular formula is C16H30N8O4S5. The van der Waals surface area contributed by atoms with Crippen LogP contribution in [-0.4, -0.2) is 72.3 Å². The van der Waals surface area contributed by atoms with Crippen LogP contribution in [0.2, 0.25) is 0 Å². The van der Waals surface area contributed by atoms with E-state index in [9.17, 15) is 0 Å². The van der Waals surface area contributed by atoms with Gasteiger partial charge in [0.2, 0.25) is 0 Å². The molecule has 0 spiro atoms. The Morgan fingerprint density at radius 1 is 0.939 bits per heavy atom. The number of rotatable bonds is 10. The summed E-state index contributed by atoms with van der Waals surface area (Å²) in [4.78, 5) is 14.5. The van der Waals surface area contributed by atoms with Crippen LogP contribution in [0.25, 0.3) is 0 Å². The van der Waals surface area contributed by atoms with Crippen LogP contribution in [0, 0.1) is 13.8 Å². The third-order valence-corrected chi connectivity index (χ3v) is 5.71. The Hall–Kier alpha value is -1.31. The third-order valence-electron chi connectivity index (χ3n) is 3.48. The van der Waals surface area contributed by atoms with Crippen molar-refractivity contribution in [2.45, 2.75) is 25.4 Å². The maximum atomic E-state index is 8.52. The summed E-state index contributed by atoms with van der Waals surface area (Å²) in [5.74, 6) is 3.92. The topological polar surface area (TPSA) is 217 Å². The minimum absolute atomic E-state index is 0.613. The molecule has 12 nitrogen and oxygen atoms in total. The fourth-order valence-corrected chi connectivity index (χ4v) is 3.88. The molecule has 0 bridgehead atoms. The van der Waals surface area contributed by atoms with Gasteiger partial charge in [0, 0.05) is 82.3 Å². The Balaban J connectivity index is 0.000000517. The molecule has 2 heterocycles. The highest BCUT2D eigenvalue weighted by molar-refractivity contribution is 7.98. The summed E-state index contributed by atoms with van der Waals surface area (Å²) in [7, 11) is -5.17. The van der Waals surface area contributed by atoms with Gasteiger partial charge < -0.3 is 41.2 Å². The highest BCUT2D eigenvalue weighted by atomic mass is 32.3. The number of nitrogens with one attached hydrogen (secondary N) is 4. The minimum atomic E-state index is -5.17. The van der Waals surface area contributed by atoms with Crippen molar-refractivity contribution in [2.24, 2.45) is 0 Å². The second-order valence-electron chi connectivity index (χ2n) is 6.16. The molecule has 0 atom stereocenters. The molecule has 0 saturated heterocycles. The lowest BCUT2D eigenvalue weighted by molar-refractivity contribution is -0.215. The number of aromatic nitrogens is 4. The Bertz CT molecular complexity index is 867. The average molecular weight is 559 g/mol. The van der Waals surface area contributed by atoms with Gasteiger partial charge in [-0.25, -0.2) is 9.97 Å². The van der Waals surface area contributed by atoms with E-state index in [1.807, 2.05) is 37.4 Å². The number of hydrogen-bond acceptors (Lipinski definition) is 10. The summed E-state index contributed by atoms with van der Waals surface area (Å²) in [6.07, 6.45) is 3.46. The molecule has 0 aliphatic heterocycles. The number of thioether (sulfide) groups is 2. The van der Waals surface area contributed by atoms with Crippen LogP contribution >= 0.6 is 48.0 Å². The molecule has 188 valence electrons. The lowest BCUT2D eigenvalue weighted by Crippen LogP contribution is -2.63. The second kappa shape index (κ2) is 18.1. The minimum Gasteiger partial charge on any atom is -0.759 e. The van der Waals surface area contributed by atoms with Crippen molar-refractivity contribution in [3.63, 3.8) is 0 Å². The highest BCUT2D eigenvalue weighted by Gasteiger charge is 2.01. The van der Waals surface area contributed by atoms with E-state index >= 15 is 0 Å². The molecule has 0 fully saturated rings. The third kappa shape index (κ3) is 21.0. The van der Waals surface area contributed by atoms with E-state index in [0.29, 0.717) is 10.2 Å². The van der Waals surface area contributed by atoms with Crippen molar-refractivity contribution in [1.82, 2.24) is 30.6 Å². The zero-order valence-electron chi connectivity index (χ0n) is 18.4. The zero-order valence-corrected chi connectivity index (χ0v) is 22.5. The predicted molar refractivity (Wildman–Crippen MR) is 136 cm³/mol. The molecule has 2 aromatic heterocycles. The van der Waals surface area contributed by atoms with Crippen LogP contribution in [0.5, 0.6) is 0 Å². The number of hydrogen-bond donors (Lipinski definition) is 6. The van der Waals surface area contributed by atoms with E-state index < -0.39 is 10.4 Å². The van der Waals surface area contributed by atoms with Crippen molar-refractivity contribution in [3.8, 4) is 0 Å². The Morgan fingerprint density at radius 2 is 1.27 bits per heavy atom. The number of imidazole rings is 2. The Morgan fingerprint density at radius 3 is 1.52 bits per heavy atom. The van der Waals surface area contributed by atoms with Crippen LogP contribution in [0.1, 0.15) is 22.8 Å². The highest BCUT2D eigenvalue weighted by Crippen LogP contribution is 2.12. The summed E-state index contributed by atoms with van der Waals surface area (Å²) in [6, 6.07) is 0. The van der Waals surface area contributed by atoms with Crippen molar-refractivity contribution in [1.29, 1.82) is 0 Å². The van der Waals surface area contributed by atoms with Gasteiger partial charge in [-0.3, -0.25) is 8.42 Å². The molecule has 0 amide bonds. The molecular weight excluding hydrogens is 529 g/mol. The monoisotopic (exact) mass is 558 g/mol. The molecule has 0 aliphatic carbocycles. The maximum Gasteiger partial charge on any atom is 0.264 e. The lowest BCUT2D eigenvalue weighted by atomic mass is 10.4. The summed E-state index contributed by atoms with van der Waals surface area (Å²) in [6.45, 7) is 5.81. The van der Waals surface area contributed by atoms with Gasteiger partial charge in [-0.05, 0) is 13.8 Å². The average Bonchev–Trinajstić information content (AvgIpc) is 3.28. The van der Waals surface area contributed by atoms with Crippen molar-refractivity contribution in [3.05, 3.63) is 35.4 Å². The summed E-state index contributed by atoms with van der Waals surface area (Å²) < 4.78 is 34.1. The van der Waals surface area contributed by atoms with Crippen LogP contribution in [-0.2, 0) is 21.9 Å². The first-order valence-corrected chi connectivity index (χ1v) is 13.9. The van der Waals surface area contributed by atoms with Crippen molar-refractivity contribution in [2.75, 3.05) is 24.6 Å². The number of aryl methyl sites for hydroxylation is 2. The van der Waals surface area contributed by atoms with Gasteiger partial charge in [-0.1, -0.05) is 0 Å². The SMILES string of the molecule is Cc1[nH]cnc1CSCCNC([NH3+])=S.Cc1[nH]cnc1CSCCNC([NH3+])=S.O=S(=O)([O-])[O-]. The van der Waals surface area contributed by atoms with E-state index in [1.54, 1.807) is 12.7 Å². The van der Waals surface area contributed by atoms with E-state index in [-0.39, 0.29) is 0 Å². The fourth-order valence-electron chi connectivity index (χ4n) is 1.93. The van der Waals surface area contributed by atoms with Gasteiger partial charge in [-0.15, -0.1) is 0 Å². The van der Waals surface area contributed by atoms with E-state index in [4.69, 9.17) is 42.0 Å². The number of quaternary nitrogens is 2. The van der Waals surface area contributed by atoms with Gasteiger partial charge in [0.15, 0.2) is 0 Å². The lowest BCUT2D eigenvalue weighted by Gasteiger charge is -2.06. The first-order chi connectivity index (χ1) is 15.4. The largest absolute Gasteiger partial charge is 0.759 e. The molecule has 17 heteroatoms. The first kappa shape index (κ1) is 31.7. The summed E-state index contributed by atoms with van der Waals surface area (Å²) >= 11 is 13.3. The molecule has 33 heavy (non-hydrogen) atoms. The van der Waals surface area contributed by atoms with E-state index in [1.165, 1.54) is 0 Å². The number of nitrogens with zero attached hydrogens (tertiary/aromatic N) is 2. The molecule has 0 unspecified atom stereocenters. The predicted octanol–water partition coefficient (Wildman–Crippen LogP) is -1.20. The Labute approximate surface area is 212 Å². The quantitative estimate of drug-likeness (QED) is 0.0876. The van der Waals surface area contributed by atoms with E-state index in [0.717, 1.165) is 58.9 Å². The maximum absolute atomic E-state index is 8.52. The van der Waals surface area contributed by atoms with Gasteiger partial charge >= 0.3 is 0 Å². The van der Waals surface area contributed by atoms with Crippen LogP contribution in [0.3, 0.4) is 0 Å². The molecule has 10 N–H and O–H groups in total. The first-order valence-electron chi connectivity index (χ1n) is 9.39. The van der Waals surface area contributed by atoms with Gasteiger partial charge in [-0.2, -0.15) is 23.5 Å². The zero-order chi connectivity index (χ0) is 25.3. The molecule has 0 saturated carbocycles. The van der Waals surface area contributed by atoms with Crippen molar-refractivity contribution >= 4 is 68.6 Å².